The fourth-order valence-electron chi connectivity index (χ4n) is 3.22. The first kappa shape index (κ1) is 23.3. The molecule has 1 atom stereocenters. The van der Waals surface area contributed by atoms with Crippen LogP contribution in [0.15, 0.2) is 47.4 Å². The summed E-state index contributed by atoms with van der Waals surface area (Å²) >= 11 is 11.4. The minimum absolute atomic E-state index is 0.0969. The predicted molar refractivity (Wildman–Crippen MR) is 108 cm³/mol. The summed E-state index contributed by atoms with van der Waals surface area (Å²) in [6.45, 7) is 1.17. The van der Waals surface area contributed by atoms with Crippen LogP contribution in [0.1, 0.15) is 17.2 Å². The molecule has 1 aliphatic rings. The highest BCUT2D eigenvalue weighted by Crippen LogP contribution is 2.36. The van der Waals surface area contributed by atoms with Gasteiger partial charge in [-0.25, -0.2) is 8.42 Å². The molecule has 1 heterocycles. The second kappa shape index (κ2) is 9.02. The maximum absolute atomic E-state index is 13.1. The third-order valence-corrected chi connectivity index (χ3v) is 7.37. The third kappa shape index (κ3) is 5.27. The zero-order chi connectivity index (χ0) is 22.1. The van der Waals surface area contributed by atoms with E-state index in [1.807, 2.05) is 4.90 Å². The first-order valence-corrected chi connectivity index (χ1v) is 11.2. The molecule has 164 valence electrons. The van der Waals surface area contributed by atoms with Gasteiger partial charge in [-0.2, -0.15) is 17.5 Å². The summed E-state index contributed by atoms with van der Waals surface area (Å²) in [7, 11) is -4.10. The van der Waals surface area contributed by atoms with Crippen LogP contribution < -0.4 is 0 Å². The number of aliphatic hydroxyl groups excluding tert-OH is 1. The SMILES string of the molecule is O=S(=O)(c1ccc(Cl)c(C(F)(F)F)c1)N1CCN(CC(O)c2ccc(Cl)cc2)CC1. The van der Waals surface area contributed by atoms with Crippen molar-refractivity contribution in [1.82, 2.24) is 9.21 Å². The topological polar surface area (TPSA) is 60.9 Å². The van der Waals surface area contributed by atoms with Crippen LogP contribution in [-0.2, 0) is 16.2 Å². The van der Waals surface area contributed by atoms with Crippen LogP contribution in [0.25, 0.3) is 0 Å². The summed E-state index contributed by atoms with van der Waals surface area (Å²) in [6, 6.07) is 9.35. The number of hydrogen-bond donors (Lipinski definition) is 1. The van der Waals surface area contributed by atoms with Gasteiger partial charge in [0, 0.05) is 37.7 Å². The van der Waals surface area contributed by atoms with Gasteiger partial charge in [0.25, 0.3) is 0 Å². The Morgan fingerprint density at radius 2 is 1.60 bits per heavy atom. The summed E-state index contributed by atoms with van der Waals surface area (Å²) < 4.78 is 65.9. The van der Waals surface area contributed by atoms with E-state index in [4.69, 9.17) is 23.2 Å². The number of nitrogens with zero attached hydrogens (tertiary/aromatic N) is 2. The monoisotopic (exact) mass is 482 g/mol. The molecular formula is C19H19Cl2F3N2O3S. The molecule has 1 fully saturated rings. The van der Waals surface area contributed by atoms with Crippen LogP contribution in [0.2, 0.25) is 10.0 Å². The maximum atomic E-state index is 13.1. The van der Waals surface area contributed by atoms with Crippen molar-refractivity contribution in [2.24, 2.45) is 0 Å². The van der Waals surface area contributed by atoms with E-state index in [0.29, 0.717) is 36.3 Å². The average molecular weight is 483 g/mol. The lowest BCUT2D eigenvalue weighted by atomic mass is 10.1. The van der Waals surface area contributed by atoms with Crippen LogP contribution in [-0.4, -0.2) is 55.5 Å². The molecule has 0 bridgehead atoms. The molecule has 2 aromatic rings. The molecule has 30 heavy (non-hydrogen) atoms. The lowest BCUT2D eigenvalue weighted by molar-refractivity contribution is -0.137. The Kier molecular flexibility index (Phi) is 7.01. The number of hydrogen-bond acceptors (Lipinski definition) is 4. The van der Waals surface area contributed by atoms with Crippen molar-refractivity contribution in [2.75, 3.05) is 32.7 Å². The smallest absolute Gasteiger partial charge is 0.387 e. The van der Waals surface area contributed by atoms with Crippen LogP contribution >= 0.6 is 23.2 Å². The van der Waals surface area contributed by atoms with E-state index >= 15 is 0 Å². The highest BCUT2D eigenvalue weighted by molar-refractivity contribution is 7.89. The van der Waals surface area contributed by atoms with Crippen molar-refractivity contribution in [3.8, 4) is 0 Å². The highest BCUT2D eigenvalue weighted by Gasteiger charge is 2.36. The fraction of sp³-hybridized carbons (Fsp3) is 0.368. The van der Waals surface area contributed by atoms with Crippen molar-refractivity contribution in [2.45, 2.75) is 17.2 Å². The number of β-amino-alcohol motifs (C(OH)–C–C–N with tert-alkyl or cyclic N) is 1. The Labute approximate surface area is 182 Å². The Hall–Kier alpha value is -1.36. The molecule has 0 saturated carbocycles. The highest BCUT2D eigenvalue weighted by atomic mass is 35.5. The zero-order valence-electron chi connectivity index (χ0n) is 15.6. The summed E-state index contributed by atoms with van der Waals surface area (Å²) in [6.07, 6.45) is -5.52. The molecule has 0 aromatic heterocycles. The van der Waals surface area contributed by atoms with Crippen LogP contribution in [0.5, 0.6) is 0 Å². The molecule has 2 aromatic carbocycles. The predicted octanol–water partition coefficient (Wildman–Crippen LogP) is 4.05. The largest absolute Gasteiger partial charge is 0.417 e. The van der Waals surface area contributed by atoms with Crippen molar-refractivity contribution in [1.29, 1.82) is 0 Å². The van der Waals surface area contributed by atoms with E-state index in [1.165, 1.54) is 0 Å². The van der Waals surface area contributed by atoms with Gasteiger partial charge >= 0.3 is 6.18 Å². The van der Waals surface area contributed by atoms with Gasteiger partial charge in [-0.3, -0.25) is 4.90 Å². The second-order valence-corrected chi connectivity index (χ2v) is 9.69. The summed E-state index contributed by atoms with van der Waals surface area (Å²) in [5.41, 5.74) is -0.495. The number of sulfonamides is 1. The van der Waals surface area contributed by atoms with E-state index in [9.17, 15) is 26.7 Å². The minimum atomic E-state index is -4.75. The molecule has 1 aliphatic heterocycles. The Balaban J connectivity index is 1.66. The van der Waals surface area contributed by atoms with Gasteiger partial charge in [0.1, 0.15) is 0 Å². The molecule has 0 aliphatic carbocycles. The lowest BCUT2D eigenvalue weighted by Gasteiger charge is -2.35. The van der Waals surface area contributed by atoms with E-state index in [1.54, 1.807) is 24.3 Å². The number of rotatable bonds is 5. The van der Waals surface area contributed by atoms with Gasteiger partial charge in [0.05, 0.1) is 21.6 Å². The van der Waals surface area contributed by atoms with Crippen molar-refractivity contribution in [3.05, 3.63) is 63.6 Å². The first-order valence-electron chi connectivity index (χ1n) is 9.01. The third-order valence-electron chi connectivity index (χ3n) is 4.90. The van der Waals surface area contributed by atoms with Crippen LogP contribution in [0.4, 0.5) is 13.2 Å². The van der Waals surface area contributed by atoms with E-state index < -0.39 is 37.8 Å². The molecule has 0 spiro atoms. The van der Waals surface area contributed by atoms with E-state index in [-0.39, 0.29) is 13.1 Å². The molecule has 5 nitrogen and oxygen atoms in total. The fourth-order valence-corrected chi connectivity index (χ4v) is 5.02. The zero-order valence-corrected chi connectivity index (χ0v) is 17.9. The number of benzene rings is 2. The summed E-state index contributed by atoms with van der Waals surface area (Å²) in [5, 5.41) is 10.4. The van der Waals surface area contributed by atoms with Crippen LogP contribution in [0.3, 0.4) is 0 Å². The Morgan fingerprint density at radius 1 is 1.00 bits per heavy atom. The Bertz CT molecular complexity index is 993. The number of alkyl halides is 3. The molecule has 1 N–H and O–H groups in total. The van der Waals surface area contributed by atoms with Crippen LogP contribution in [0, 0.1) is 0 Å². The summed E-state index contributed by atoms with van der Waals surface area (Å²) in [4.78, 5) is 1.45. The van der Waals surface area contributed by atoms with E-state index in [0.717, 1.165) is 16.4 Å². The van der Waals surface area contributed by atoms with Crippen molar-refractivity contribution < 1.29 is 26.7 Å². The van der Waals surface area contributed by atoms with Gasteiger partial charge in [-0.05, 0) is 35.9 Å². The second-order valence-electron chi connectivity index (χ2n) is 6.91. The molecule has 0 amide bonds. The average Bonchev–Trinajstić information content (AvgIpc) is 2.68. The van der Waals surface area contributed by atoms with Gasteiger partial charge in [-0.15, -0.1) is 0 Å². The van der Waals surface area contributed by atoms with E-state index in [2.05, 4.69) is 0 Å². The van der Waals surface area contributed by atoms with Gasteiger partial charge < -0.3 is 5.11 Å². The quantitative estimate of drug-likeness (QED) is 0.698. The first-order chi connectivity index (χ1) is 14.0. The van der Waals surface area contributed by atoms with Crippen molar-refractivity contribution in [3.63, 3.8) is 0 Å². The molecule has 1 unspecified atom stereocenters. The normalized spacial score (nSPS) is 17.8. The van der Waals surface area contributed by atoms with Gasteiger partial charge in [0.2, 0.25) is 10.0 Å². The Morgan fingerprint density at radius 3 is 2.17 bits per heavy atom. The lowest BCUT2D eigenvalue weighted by Crippen LogP contribution is -2.49. The minimum Gasteiger partial charge on any atom is -0.387 e. The number of halogens is 5. The molecular weight excluding hydrogens is 464 g/mol. The molecule has 11 heteroatoms. The van der Waals surface area contributed by atoms with Crippen molar-refractivity contribution >= 4 is 33.2 Å². The molecule has 1 saturated heterocycles. The van der Waals surface area contributed by atoms with Gasteiger partial charge in [0.15, 0.2) is 0 Å². The maximum Gasteiger partial charge on any atom is 0.417 e. The summed E-state index contributed by atoms with van der Waals surface area (Å²) in [5.74, 6) is 0. The number of aliphatic hydroxyl groups is 1. The number of piperazine rings is 1. The van der Waals surface area contributed by atoms with Gasteiger partial charge in [-0.1, -0.05) is 35.3 Å². The molecule has 3 rings (SSSR count). The molecule has 0 radical (unpaired) electrons. The standard InChI is InChI=1S/C19H19Cl2F3N2O3S/c20-14-3-1-13(2-4-14)18(27)12-25-7-9-26(10-8-25)30(28,29)15-5-6-17(21)16(11-15)19(22,23)24/h1-6,11,18,27H,7-10,12H2.